The Labute approximate surface area is 234 Å². The van der Waals surface area contributed by atoms with E-state index in [0.29, 0.717) is 0 Å². The van der Waals surface area contributed by atoms with E-state index in [-0.39, 0.29) is 16.3 Å². The minimum Gasteiger partial charge on any atom is -0.374 e. The van der Waals surface area contributed by atoms with E-state index in [1.807, 2.05) is 23.5 Å². The average molecular weight is 551 g/mol. The maximum absolute atomic E-state index is 6.46. The molecule has 0 rings (SSSR count). The van der Waals surface area contributed by atoms with Gasteiger partial charge in [-0.25, -0.2) is 0 Å². The minimum atomic E-state index is -0.633. The first kappa shape index (κ1) is 36.0. The quantitative estimate of drug-likeness (QED) is 0.0453. The molecule has 7 heteroatoms. The molecule has 0 aliphatic carbocycles. The summed E-state index contributed by atoms with van der Waals surface area (Å²) in [7, 11) is -0.633. The summed E-state index contributed by atoms with van der Waals surface area (Å²) in [5.41, 5.74) is 0.0870. The molecule has 0 heterocycles. The Kier molecular flexibility index (Phi) is 28.8. The van der Waals surface area contributed by atoms with E-state index in [4.69, 9.17) is 14.0 Å². The van der Waals surface area contributed by atoms with Crippen LogP contribution in [0.25, 0.3) is 0 Å². The lowest BCUT2D eigenvalue weighted by Crippen LogP contribution is -2.36. The number of unbranched alkanes of at least 4 members (excludes halogenated alkanes) is 10. The van der Waals surface area contributed by atoms with Crippen molar-refractivity contribution < 1.29 is 14.0 Å². The van der Waals surface area contributed by atoms with Crippen molar-refractivity contribution in [3.05, 3.63) is 0 Å². The molecule has 0 saturated heterocycles. The van der Waals surface area contributed by atoms with Crippen molar-refractivity contribution in [3.8, 4) is 0 Å². The highest BCUT2D eigenvalue weighted by Crippen LogP contribution is 2.26. The van der Waals surface area contributed by atoms with Gasteiger partial charge in [0.2, 0.25) is 0 Å². The number of thioether (sulfide) groups is 2. The average Bonchev–Trinajstić information content (AvgIpc) is 2.83. The lowest BCUT2D eigenvalue weighted by Gasteiger charge is -2.27. The number of hydrogen-bond donors (Lipinski definition) is 1. The predicted octanol–water partition coefficient (Wildman–Crippen LogP) is 10.5. The van der Waals surface area contributed by atoms with Crippen molar-refractivity contribution in [3.63, 3.8) is 0 Å². The van der Waals surface area contributed by atoms with E-state index in [1.165, 1.54) is 77.0 Å². The van der Waals surface area contributed by atoms with Crippen LogP contribution in [-0.4, -0.2) is 35.1 Å². The maximum atomic E-state index is 6.46. The van der Waals surface area contributed by atoms with Crippen molar-refractivity contribution in [1.82, 2.24) is 0 Å². The molecule has 0 aromatic rings. The molecule has 3 atom stereocenters. The zero-order valence-corrected chi connectivity index (χ0v) is 26.5. The molecule has 0 aliphatic heterocycles. The van der Waals surface area contributed by atoms with Crippen LogP contribution in [-0.2, 0) is 14.0 Å². The lowest BCUT2D eigenvalue weighted by atomic mass is 10.1. The highest BCUT2D eigenvalue weighted by atomic mass is 32.2. The molecule has 0 aromatic carbocycles. The molecular formula is C28H59BO3S3. The van der Waals surface area contributed by atoms with Crippen molar-refractivity contribution in [2.45, 2.75) is 167 Å². The third-order valence-electron chi connectivity index (χ3n) is 5.98. The Balaban J connectivity index is 4.73. The maximum Gasteiger partial charge on any atom is 0.641 e. The summed E-state index contributed by atoms with van der Waals surface area (Å²) in [6, 6.07) is 0. The molecular weight excluding hydrogens is 491 g/mol. The van der Waals surface area contributed by atoms with Gasteiger partial charge in [-0.2, -0.15) is 0 Å². The van der Waals surface area contributed by atoms with Crippen LogP contribution in [0.4, 0.5) is 0 Å². The fourth-order valence-electron chi connectivity index (χ4n) is 3.83. The number of thiol groups is 1. The molecule has 0 saturated carbocycles. The SMILES string of the molecule is CCCCCCCCSC(CCC)OB(OC(S)CCC)OC(CCC)SCCCCCCCC. The Morgan fingerprint density at radius 3 is 1.31 bits per heavy atom. The molecule has 210 valence electrons. The van der Waals surface area contributed by atoms with Gasteiger partial charge >= 0.3 is 7.32 Å². The molecule has 0 radical (unpaired) electrons. The zero-order valence-electron chi connectivity index (χ0n) is 23.9. The molecule has 0 spiro atoms. The van der Waals surface area contributed by atoms with Gasteiger partial charge in [-0.05, 0) is 43.6 Å². The Bertz CT molecular complexity index is 391. The molecule has 0 aromatic heterocycles. The number of hydrogen-bond acceptors (Lipinski definition) is 6. The van der Waals surface area contributed by atoms with Gasteiger partial charge in [0.1, 0.15) is 0 Å². The standard InChI is InChI=1S/C28H59BO3S3/c1-6-11-13-15-17-19-24-34-27(22-9-4)31-29(30-26(33)21-8-3)32-28(23-10-5)35-25-20-18-16-14-12-7-2/h26-28,33H,6-25H2,1-5H3. The molecule has 3 unspecified atom stereocenters. The molecule has 0 amide bonds. The van der Waals surface area contributed by atoms with E-state index < -0.39 is 7.32 Å². The van der Waals surface area contributed by atoms with Gasteiger partial charge in [-0.15, -0.1) is 36.2 Å². The molecule has 35 heavy (non-hydrogen) atoms. The summed E-state index contributed by atoms with van der Waals surface area (Å²) in [6.45, 7) is 11.2. The van der Waals surface area contributed by atoms with Crippen LogP contribution in [0.3, 0.4) is 0 Å². The van der Waals surface area contributed by atoms with Gasteiger partial charge in [-0.1, -0.05) is 118 Å². The van der Waals surface area contributed by atoms with Crippen LogP contribution in [0.15, 0.2) is 0 Å². The second kappa shape index (κ2) is 28.0. The summed E-state index contributed by atoms with van der Waals surface area (Å²) in [5.74, 6) is 2.29. The van der Waals surface area contributed by atoms with E-state index >= 15 is 0 Å². The molecule has 0 bridgehead atoms. The van der Waals surface area contributed by atoms with Crippen LogP contribution in [0.1, 0.15) is 150 Å². The Morgan fingerprint density at radius 1 is 0.514 bits per heavy atom. The topological polar surface area (TPSA) is 27.7 Å². The van der Waals surface area contributed by atoms with Crippen LogP contribution < -0.4 is 0 Å². The third-order valence-corrected chi connectivity index (χ3v) is 8.85. The van der Waals surface area contributed by atoms with Crippen LogP contribution in [0, 0.1) is 0 Å². The van der Waals surface area contributed by atoms with Crippen molar-refractivity contribution >= 4 is 43.5 Å². The van der Waals surface area contributed by atoms with E-state index in [0.717, 1.165) is 50.0 Å². The fourth-order valence-corrected chi connectivity index (χ4v) is 6.60. The van der Waals surface area contributed by atoms with Gasteiger partial charge in [0, 0.05) is 0 Å². The second-order valence-electron chi connectivity index (χ2n) is 9.65. The molecule has 3 nitrogen and oxygen atoms in total. The summed E-state index contributed by atoms with van der Waals surface area (Å²) in [5, 5.41) is 0. The third kappa shape index (κ3) is 23.8. The summed E-state index contributed by atoms with van der Waals surface area (Å²) in [6.07, 6.45) is 22.2. The molecule has 0 aliphatic rings. The smallest absolute Gasteiger partial charge is 0.374 e. The van der Waals surface area contributed by atoms with E-state index in [9.17, 15) is 0 Å². The van der Waals surface area contributed by atoms with Crippen molar-refractivity contribution in [1.29, 1.82) is 0 Å². The molecule has 0 N–H and O–H groups in total. The first-order valence-electron chi connectivity index (χ1n) is 15.0. The fraction of sp³-hybridized carbons (Fsp3) is 1.00. The highest BCUT2D eigenvalue weighted by Gasteiger charge is 2.31. The van der Waals surface area contributed by atoms with Crippen molar-refractivity contribution in [2.75, 3.05) is 11.5 Å². The van der Waals surface area contributed by atoms with Crippen LogP contribution >= 0.6 is 36.2 Å². The Hall–Kier alpha value is 0.995. The first-order valence-corrected chi connectivity index (χ1v) is 17.6. The van der Waals surface area contributed by atoms with Gasteiger partial charge in [0.15, 0.2) is 0 Å². The normalized spacial score (nSPS) is 14.2. The lowest BCUT2D eigenvalue weighted by molar-refractivity contribution is 0.0635. The second-order valence-corrected chi connectivity index (χ2v) is 12.8. The van der Waals surface area contributed by atoms with Gasteiger partial charge in [0.25, 0.3) is 0 Å². The van der Waals surface area contributed by atoms with Gasteiger partial charge < -0.3 is 14.0 Å². The van der Waals surface area contributed by atoms with Crippen LogP contribution in [0.2, 0.25) is 0 Å². The summed E-state index contributed by atoms with van der Waals surface area (Å²) >= 11 is 8.53. The largest absolute Gasteiger partial charge is 0.641 e. The minimum absolute atomic E-state index is 0.119. The predicted molar refractivity (Wildman–Crippen MR) is 166 cm³/mol. The van der Waals surface area contributed by atoms with Crippen LogP contribution in [0.5, 0.6) is 0 Å². The van der Waals surface area contributed by atoms with Gasteiger partial charge in [0.05, 0.1) is 16.3 Å². The van der Waals surface area contributed by atoms with E-state index in [1.54, 1.807) is 0 Å². The van der Waals surface area contributed by atoms with Gasteiger partial charge in [-0.3, -0.25) is 0 Å². The number of rotatable bonds is 28. The first-order chi connectivity index (χ1) is 17.1. The highest BCUT2D eigenvalue weighted by molar-refractivity contribution is 8.00. The van der Waals surface area contributed by atoms with E-state index in [2.05, 4.69) is 47.2 Å². The molecule has 0 fully saturated rings. The monoisotopic (exact) mass is 550 g/mol. The Morgan fingerprint density at radius 2 is 0.914 bits per heavy atom. The summed E-state index contributed by atoms with van der Waals surface area (Å²) < 4.78 is 19.1. The summed E-state index contributed by atoms with van der Waals surface area (Å²) in [4.78, 5) is 0. The zero-order chi connectivity index (χ0) is 26.0. The van der Waals surface area contributed by atoms with Crippen molar-refractivity contribution in [2.24, 2.45) is 0 Å².